The van der Waals surface area contributed by atoms with Crippen molar-refractivity contribution in [2.24, 2.45) is 22.7 Å². The predicted molar refractivity (Wildman–Crippen MR) is 100 cm³/mol. The number of ether oxygens (including phenoxy) is 1. The van der Waals surface area contributed by atoms with E-state index in [0.717, 1.165) is 50.0 Å². The molecule has 0 spiro atoms. The molecule has 0 radical (unpaired) electrons. The minimum Gasteiger partial charge on any atom is -0.381 e. The predicted octanol–water partition coefficient (Wildman–Crippen LogP) is 3.67. The Labute approximate surface area is 148 Å². The van der Waals surface area contributed by atoms with Crippen LogP contribution in [0.15, 0.2) is 4.99 Å². The van der Waals surface area contributed by atoms with Gasteiger partial charge >= 0.3 is 0 Å². The Hall–Kier alpha value is -0.770. The molecule has 24 heavy (non-hydrogen) atoms. The summed E-state index contributed by atoms with van der Waals surface area (Å²) in [5.74, 6) is 3.86. The average Bonchev–Trinajstić information content (AvgIpc) is 3.40. The second kappa shape index (κ2) is 9.07. The molecule has 2 aliphatic carbocycles. The molecule has 1 saturated heterocycles. The Bertz CT molecular complexity index is 400. The lowest BCUT2D eigenvalue weighted by Gasteiger charge is -2.27. The highest BCUT2D eigenvalue weighted by Gasteiger charge is 2.43. The Morgan fingerprint density at radius 2 is 1.88 bits per heavy atom. The topological polar surface area (TPSA) is 36.9 Å². The largest absolute Gasteiger partial charge is 0.381 e. The molecule has 3 fully saturated rings. The summed E-state index contributed by atoms with van der Waals surface area (Å²) in [6, 6.07) is 0.684. The van der Waals surface area contributed by atoms with Crippen molar-refractivity contribution in [3.63, 3.8) is 0 Å². The Kier molecular flexibility index (Phi) is 6.82. The fourth-order valence-corrected chi connectivity index (χ4v) is 4.57. The van der Waals surface area contributed by atoms with Gasteiger partial charge in [0.2, 0.25) is 0 Å². The molecule has 138 valence electrons. The molecular formula is C20H37N3O. The molecule has 2 atom stereocenters. The monoisotopic (exact) mass is 335 g/mol. The van der Waals surface area contributed by atoms with E-state index >= 15 is 0 Å². The van der Waals surface area contributed by atoms with Crippen LogP contribution in [0, 0.1) is 17.8 Å². The van der Waals surface area contributed by atoms with Crippen LogP contribution in [0.5, 0.6) is 0 Å². The Morgan fingerprint density at radius 1 is 1.12 bits per heavy atom. The van der Waals surface area contributed by atoms with Gasteiger partial charge < -0.3 is 15.0 Å². The third-order valence-corrected chi connectivity index (χ3v) is 6.29. The number of guanidine groups is 1. The highest BCUT2D eigenvalue weighted by Crippen LogP contribution is 2.44. The van der Waals surface area contributed by atoms with E-state index in [-0.39, 0.29) is 0 Å². The van der Waals surface area contributed by atoms with Crippen LogP contribution in [0.2, 0.25) is 0 Å². The highest BCUT2D eigenvalue weighted by molar-refractivity contribution is 5.80. The first-order valence-corrected chi connectivity index (χ1v) is 10.4. The van der Waals surface area contributed by atoms with Crippen molar-refractivity contribution in [3.8, 4) is 0 Å². The van der Waals surface area contributed by atoms with Gasteiger partial charge in [0.25, 0.3) is 0 Å². The lowest BCUT2D eigenvalue weighted by atomic mass is 9.85. The number of hydrogen-bond donors (Lipinski definition) is 1. The van der Waals surface area contributed by atoms with E-state index in [0.29, 0.717) is 6.04 Å². The number of hydrogen-bond acceptors (Lipinski definition) is 2. The van der Waals surface area contributed by atoms with Crippen molar-refractivity contribution in [2.45, 2.75) is 70.8 Å². The molecule has 2 unspecified atom stereocenters. The average molecular weight is 336 g/mol. The molecule has 0 aromatic rings. The van der Waals surface area contributed by atoms with Crippen LogP contribution < -0.4 is 5.32 Å². The van der Waals surface area contributed by atoms with Crippen molar-refractivity contribution in [1.82, 2.24) is 10.2 Å². The third kappa shape index (κ3) is 5.11. The molecule has 2 saturated carbocycles. The van der Waals surface area contributed by atoms with E-state index in [1.807, 2.05) is 0 Å². The number of rotatable bonds is 6. The zero-order valence-corrected chi connectivity index (χ0v) is 15.8. The maximum Gasteiger partial charge on any atom is 0.193 e. The first kappa shape index (κ1) is 18.0. The van der Waals surface area contributed by atoms with Crippen LogP contribution in [0.4, 0.5) is 0 Å². The van der Waals surface area contributed by atoms with E-state index < -0.39 is 0 Å². The smallest absolute Gasteiger partial charge is 0.193 e. The lowest BCUT2D eigenvalue weighted by Crippen LogP contribution is -2.42. The molecule has 3 rings (SSSR count). The summed E-state index contributed by atoms with van der Waals surface area (Å²) in [5.41, 5.74) is 0. The Morgan fingerprint density at radius 3 is 2.58 bits per heavy atom. The number of nitrogens with zero attached hydrogens (tertiary/aromatic N) is 2. The SMILES string of the molecule is CCN=C(NC1CC1C1CCCCC1)N(C)CCC1CCOCC1. The van der Waals surface area contributed by atoms with E-state index in [2.05, 4.69) is 24.2 Å². The molecule has 0 amide bonds. The summed E-state index contributed by atoms with van der Waals surface area (Å²) in [6.07, 6.45) is 12.4. The lowest BCUT2D eigenvalue weighted by molar-refractivity contribution is 0.0625. The van der Waals surface area contributed by atoms with Gasteiger partial charge in [-0.15, -0.1) is 0 Å². The molecule has 4 nitrogen and oxygen atoms in total. The van der Waals surface area contributed by atoms with Gasteiger partial charge in [0.15, 0.2) is 5.96 Å². The molecule has 1 heterocycles. The molecule has 0 bridgehead atoms. The molecule has 1 aliphatic heterocycles. The van der Waals surface area contributed by atoms with E-state index in [1.54, 1.807) is 0 Å². The molecular weight excluding hydrogens is 298 g/mol. The maximum atomic E-state index is 5.47. The minimum atomic E-state index is 0.684. The van der Waals surface area contributed by atoms with Gasteiger partial charge in [0, 0.05) is 39.4 Å². The van der Waals surface area contributed by atoms with Crippen LogP contribution in [-0.2, 0) is 4.74 Å². The van der Waals surface area contributed by atoms with Gasteiger partial charge in [0.05, 0.1) is 0 Å². The first-order chi connectivity index (χ1) is 11.8. The van der Waals surface area contributed by atoms with Crippen LogP contribution in [0.25, 0.3) is 0 Å². The fourth-order valence-electron chi connectivity index (χ4n) is 4.57. The van der Waals surface area contributed by atoms with E-state index in [1.165, 1.54) is 57.8 Å². The summed E-state index contributed by atoms with van der Waals surface area (Å²) < 4.78 is 5.47. The minimum absolute atomic E-state index is 0.684. The summed E-state index contributed by atoms with van der Waals surface area (Å²) in [6.45, 7) is 6.02. The first-order valence-electron chi connectivity index (χ1n) is 10.4. The molecule has 0 aromatic heterocycles. The zero-order valence-electron chi connectivity index (χ0n) is 15.8. The van der Waals surface area contributed by atoms with Gasteiger partial charge in [-0.1, -0.05) is 32.1 Å². The van der Waals surface area contributed by atoms with Crippen LogP contribution in [-0.4, -0.2) is 50.3 Å². The van der Waals surface area contributed by atoms with Crippen molar-refractivity contribution in [1.29, 1.82) is 0 Å². The number of nitrogens with one attached hydrogen (secondary N) is 1. The normalized spacial score (nSPS) is 29.5. The zero-order chi connectivity index (χ0) is 16.8. The molecule has 4 heteroatoms. The van der Waals surface area contributed by atoms with E-state index in [4.69, 9.17) is 9.73 Å². The van der Waals surface area contributed by atoms with Gasteiger partial charge in [-0.2, -0.15) is 0 Å². The van der Waals surface area contributed by atoms with Crippen molar-refractivity contribution >= 4 is 5.96 Å². The summed E-state index contributed by atoms with van der Waals surface area (Å²) in [4.78, 5) is 7.11. The molecule has 0 aromatic carbocycles. The van der Waals surface area contributed by atoms with Crippen LogP contribution >= 0.6 is 0 Å². The second-order valence-corrected chi connectivity index (χ2v) is 8.11. The van der Waals surface area contributed by atoms with Crippen molar-refractivity contribution < 1.29 is 4.74 Å². The maximum absolute atomic E-state index is 5.47. The van der Waals surface area contributed by atoms with Gasteiger partial charge in [-0.05, 0) is 50.4 Å². The van der Waals surface area contributed by atoms with Gasteiger partial charge in [-0.25, -0.2) is 0 Å². The van der Waals surface area contributed by atoms with Gasteiger partial charge in [-0.3, -0.25) is 4.99 Å². The van der Waals surface area contributed by atoms with Crippen LogP contribution in [0.3, 0.4) is 0 Å². The van der Waals surface area contributed by atoms with Gasteiger partial charge in [0.1, 0.15) is 0 Å². The molecule has 1 N–H and O–H groups in total. The summed E-state index contributed by atoms with van der Waals surface area (Å²) in [5, 5.41) is 3.78. The highest BCUT2D eigenvalue weighted by atomic mass is 16.5. The summed E-state index contributed by atoms with van der Waals surface area (Å²) >= 11 is 0. The standard InChI is InChI=1S/C20H37N3O/c1-3-21-20(23(2)12-9-16-10-13-24-14-11-16)22-19-15-18(19)17-7-5-4-6-8-17/h16-19H,3-15H2,1-2H3,(H,21,22). The summed E-state index contributed by atoms with van der Waals surface area (Å²) in [7, 11) is 2.21. The van der Waals surface area contributed by atoms with E-state index in [9.17, 15) is 0 Å². The van der Waals surface area contributed by atoms with Crippen LogP contribution in [0.1, 0.15) is 64.7 Å². The second-order valence-electron chi connectivity index (χ2n) is 8.11. The third-order valence-electron chi connectivity index (χ3n) is 6.29. The quantitative estimate of drug-likeness (QED) is 0.594. The molecule has 3 aliphatic rings. The number of aliphatic imine (C=N–C) groups is 1. The fraction of sp³-hybridized carbons (Fsp3) is 0.950. The Balaban J connectivity index is 1.43. The van der Waals surface area contributed by atoms with Crippen molar-refractivity contribution in [3.05, 3.63) is 0 Å². The van der Waals surface area contributed by atoms with Crippen molar-refractivity contribution in [2.75, 3.05) is 33.4 Å².